The van der Waals surface area contributed by atoms with Gasteiger partial charge in [0, 0.05) is 18.7 Å². The zero-order valence-corrected chi connectivity index (χ0v) is 16.3. The minimum Gasteiger partial charge on any atom is -0.493 e. The molecule has 146 valence electrons. The number of ether oxygens (including phenoxy) is 4. The average molecular weight is 373 g/mol. The normalized spacial score (nSPS) is 36.4. The summed E-state index contributed by atoms with van der Waals surface area (Å²) in [4.78, 5) is 2.41. The topological polar surface area (TPSA) is 60.4 Å². The quantitative estimate of drug-likeness (QED) is 0.814. The lowest BCUT2D eigenvalue weighted by Crippen LogP contribution is -2.61. The minimum absolute atomic E-state index is 0.262. The van der Waals surface area contributed by atoms with Crippen LogP contribution in [0.1, 0.15) is 24.0 Å². The molecule has 0 amide bonds. The van der Waals surface area contributed by atoms with Gasteiger partial charge in [0.15, 0.2) is 11.5 Å². The lowest BCUT2D eigenvalue weighted by Gasteiger charge is -2.51. The van der Waals surface area contributed by atoms with Crippen LogP contribution in [0, 0.1) is 0 Å². The molecule has 27 heavy (non-hydrogen) atoms. The van der Waals surface area contributed by atoms with Gasteiger partial charge in [0.25, 0.3) is 0 Å². The van der Waals surface area contributed by atoms with E-state index in [1.807, 2.05) is 6.08 Å². The summed E-state index contributed by atoms with van der Waals surface area (Å²) in [5, 5.41) is 10.8. The highest BCUT2D eigenvalue weighted by Gasteiger charge is 2.63. The minimum atomic E-state index is -0.680. The maximum Gasteiger partial charge on any atom is 0.203 e. The molecule has 5 atom stereocenters. The molecule has 5 unspecified atom stereocenters. The summed E-state index contributed by atoms with van der Waals surface area (Å²) < 4.78 is 23.6. The van der Waals surface area contributed by atoms with Crippen molar-refractivity contribution in [1.29, 1.82) is 0 Å². The standard InChI is InChI=1S/C21H27NO5/c1-22-8-7-21-12-10-14(23)17(25-3)20(21)27-19-16(21)11(5-6-13(12)22)9-15(24-2)18(19)26-4/h9-10,13-14,17,20,23H,5-8H2,1-4H3. The number of aliphatic hydroxyl groups excluding tert-OH is 1. The molecule has 1 spiro atoms. The van der Waals surface area contributed by atoms with Crippen molar-refractivity contribution in [3.63, 3.8) is 0 Å². The van der Waals surface area contributed by atoms with Crippen LogP contribution >= 0.6 is 0 Å². The SMILES string of the molecule is COc1cc2c3c(c1OC)OC1C(OC)C(O)C=C4C(CC2)N(C)CCC431. The number of methoxy groups -OCH3 is 3. The summed E-state index contributed by atoms with van der Waals surface area (Å²) in [6, 6.07) is 2.41. The van der Waals surface area contributed by atoms with E-state index < -0.39 is 12.2 Å². The van der Waals surface area contributed by atoms with Crippen molar-refractivity contribution < 1.29 is 24.1 Å². The van der Waals surface area contributed by atoms with Crippen molar-refractivity contribution in [1.82, 2.24) is 4.90 Å². The fourth-order valence-corrected chi connectivity index (χ4v) is 5.94. The van der Waals surface area contributed by atoms with Crippen LogP contribution in [-0.4, -0.2) is 69.3 Å². The van der Waals surface area contributed by atoms with E-state index in [1.165, 1.54) is 16.7 Å². The van der Waals surface area contributed by atoms with Gasteiger partial charge in [-0.15, -0.1) is 0 Å². The summed E-state index contributed by atoms with van der Waals surface area (Å²) in [5.41, 5.74) is 3.51. The van der Waals surface area contributed by atoms with Crippen LogP contribution in [0.25, 0.3) is 0 Å². The number of rotatable bonds is 3. The van der Waals surface area contributed by atoms with Crippen LogP contribution in [0.3, 0.4) is 0 Å². The molecule has 5 rings (SSSR count). The fourth-order valence-electron chi connectivity index (χ4n) is 5.94. The monoisotopic (exact) mass is 373 g/mol. The number of hydrogen-bond donors (Lipinski definition) is 1. The van der Waals surface area contributed by atoms with Gasteiger partial charge in [-0.25, -0.2) is 0 Å². The third kappa shape index (κ3) is 2.01. The van der Waals surface area contributed by atoms with E-state index in [0.29, 0.717) is 17.5 Å². The Morgan fingerprint density at radius 1 is 1.26 bits per heavy atom. The molecule has 0 radical (unpaired) electrons. The Labute approximate surface area is 159 Å². The van der Waals surface area contributed by atoms with Crippen LogP contribution in [0.15, 0.2) is 17.7 Å². The molecule has 0 saturated carbocycles. The summed E-state index contributed by atoms with van der Waals surface area (Å²) in [5.74, 6) is 2.11. The molecule has 6 nitrogen and oxygen atoms in total. The summed E-state index contributed by atoms with van der Waals surface area (Å²) >= 11 is 0. The molecule has 1 saturated heterocycles. The van der Waals surface area contributed by atoms with Gasteiger partial charge in [-0.05, 0) is 50.1 Å². The van der Waals surface area contributed by atoms with Gasteiger partial charge in [-0.1, -0.05) is 6.08 Å². The first kappa shape index (κ1) is 17.3. The second kappa shape index (κ2) is 5.87. The van der Waals surface area contributed by atoms with Gasteiger partial charge in [0.1, 0.15) is 18.3 Å². The van der Waals surface area contributed by atoms with Crippen molar-refractivity contribution in [3.05, 3.63) is 28.8 Å². The Hall–Kier alpha value is -1.76. The number of benzene rings is 1. The highest BCUT2D eigenvalue weighted by Crippen LogP contribution is 2.63. The number of likely N-dealkylation sites (N-methyl/N-ethyl adjacent to an activating group) is 1. The highest BCUT2D eigenvalue weighted by molar-refractivity contribution is 5.68. The molecule has 0 aromatic heterocycles. The molecule has 4 aliphatic rings. The van der Waals surface area contributed by atoms with Crippen LogP contribution in [-0.2, 0) is 16.6 Å². The van der Waals surface area contributed by atoms with E-state index in [2.05, 4.69) is 18.0 Å². The largest absolute Gasteiger partial charge is 0.493 e. The average Bonchev–Trinajstić information content (AvgIpc) is 2.95. The van der Waals surface area contributed by atoms with Crippen molar-refractivity contribution >= 4 is 0 Å². The van der Waals surface area contributed by atoms with Crippen LogP contribution < -0.4 is 14.2 Å². The molecular weight excluding hydrogens is 346 g/mol. The summed E-state index contributed by atoms with van der Waals surface area (Å²) in [6.45, 7) is 0.988. The van der Waals surface area contributed by atoms with Crippen molar-refractivity contribution in [3.8, 4) is 17.2 Å². The zero-order chi connectivity index (χ0) is 18.9. The maximum absolute atomic E-state index is 10.8. The first-order valence-corrected chi connectivity index (χ1v) is 9.65. The number of aryl methyl sites for hydroxylation is 1. The number of aliphatic hydroxyl groups is 1. The summed E-state index contributed by atoms with van der Waals surface area (Å²) in [7, 11) is 7.14. The van der Waals surface area contributed by atoms with E-state index in [-0.39, 0.29) is 11.5 Å². The van der Waals surface area contributed by atoms with Gasteiger partial charge in [-0.2, -0.15) is 0 Å². The van der Waals surface area contributed by atoms with Crippen LogP contribution in [0.4, 0.5) is 0 Å². The molecule has 2 bridgehead atoms. The molecule has 2 aliphatic carbocycles. The maximum atomic E-state index is 10.8. The Bertz CT molecular complexity index is 821. The van der Waals surface area contributed by atoms with E-state index >= 15 is 0 Å². The third-order valence-electron chi connectivity index (χ3n) is 7.09. The van der Waals surface area contributed by atoms with Gasteiger partial charge in [0.05, 0.1) is 19.6 Å². The Morgan fingerprint density at radius 2 is 2.07 bits per heavy atom. The van der Waals surface area contributed by atoms with E-state index in [9.17, 15) is 5.11 Å². The first-order valence-electron chi connectivity index (χ1n) is 9.65. The van der Waals surface area contributed by atoms with Gasteiger partial charge < -0.3 is 24.1 Å². The van der Waals surface area contributed by atoms with E-state index in [4.69, 9.17) is 18.9 Å². The molecule has 2 heterocycles. The molecule has 1 N–H and O–H groups in total. The predicted octanol–water partition coefficient (Wildman–Crippen LogP) is 1.67. The number of piperidine rings is 1. The van der Waals surface area contributed by atoms with Crippen molar-refractivity contribution in [2.75, 3.05) is 34.9 Å². The van der Waals surface area contributed by atoms with Crippen molar-refractivity contribution in [2.24, 2.45) is 0 Å². The van der Waals surface area contributed by atoms with Crippen molar-refractivity contribution in [2.45, 2.75) is 49.0 Å². The molecule has 1 aromatic rings. The van der Waals surface area contributed by atoms with E-state index in [0.717, 1.165) is 31.6 Å². The van der Waals surface area contributed by atoms with Gasteiger partial charge in [0.2, 0.25) is 5.75 Å². The number of nitrogens with zero attached hydrogens (tertiary/aromatic N) is 1. The van der Waals surface area contributed by atoms with Gasteiger partial charge in [-0.3, -0.25) is 4.90 Å². The second-order valence-electron chi connectivity index (χ2n) is 8.08. The zero-order valence-electron chi connectivity index (χ0n) is 16.3. The second-order valence-corrected chi connectivity index (χ2v) is 8.08. The Morgan fingerprint density at radius 3 is 2.78 bits per heavy atom. The predicted molar refractivity (Wildman–Crippen MR) is 99.9 cm³/mol. The Kier molecular flexibility index (Phi) is 3.77. The molecular formula is C21H27NO5. The van der Waals surface area contributed by atoms with Crippen LogP contribution in [0.2, 0.25) is 0 Å². The number of likely N-dealkylation sites (tertiary alicyclic amines) is 1. The molecule has 2 aliphatic heterocycles. The lowest BCUT2D eigenvalue weighted by molar-refractivity contribution is -0.0850. The Balaban J connectivity index is 1.84. The summed E-state index contributed by atoms with van der Waals surface area (Å²) in [6.07, 6.45) is 3.59. The lowest BCUT2D eigenvalue weighted by atomic mass is 9.60. The van der Waals surface area contributed by atoms with E-state index in [1.54, 1.807) is 21.3 Å². The number of hydrogen-bond acceptors (Lipinski definition) is 6. The molecule has 6 heteroatoms. The fraction of sp³-hybridized carbons (Fsp3) is 0.619. The highest BCUT2D eigenvalue weighted by atomic mass is 16.6. The first-order chi connectivity index (χ1) is 13.1. The molecule has 1 aromatic carbocycles. The molecule has 1 fully saturated rings. The third-order valence-corrected chi connectivity index (χ3v) is 7.09. The van der Waals surface area contributed by atoms with Crippen LogP contribution in [0.5, 0.6) is 17.2 Å². The van der Waals surface area contributed by atoms with Gasteiger partial charge >= 0.3 is 0 Å². The smallest absolute Gasteiger partial charge is 0.203 e.